The van der Waals surface area contributed by atoms with Crippen LogP contribution in [0.4, 0.5) is 5.69 Å². The quantitative estimate of drug-likeness (QED) is 0.732. The topological polar surface area (TPSA) is 67.4 Å². The average molecular weight is 366 g/mol. The number of hydrogen-bond donors (Lipinski definition) is 2. The maximum atomic E-state index is 12.7. The molecule has 5 heteroatoms. The maximum Gasteiger partial charge on any atom is 0.240 e. The van der Waals surface area contributed by atoms with E-state index in [1.54, 1.807) is 12.1 Å². The van der Waals surface area contributed by atoms with Gasteiger partial charge in [0.05, 0.1) is 6.10 Å². The predicted molar refractivity (Wildman–Crippen MR) is 106 cm³/mol. The van der Waals surface area contributed by atoms with E-state index in [2.05, 4.69) is 10.6 Å². The zero-order valence-electron chi connectivity index (χ0n) is 16.0. The van der Waals surface area contributed by atoms with Crippen LogP contribution in [-0.4, -0.2) is 17.9 Å². The second kappa shape index (κ2) is 7.82. The molecule has 1 aliphatic carbocycles. The molecule has 0 atom stereocenters. The molecule has 0 radical (unpaired) electrons. The van der Waals surface area contributed by atoms with Crippen LogP contribution < -0.4 is 15.4 Å². The van der Waals surface area contributed by atoms with Gasteiger partial charge in [0.25, 0.3) is 0 Å². The van der Waals surface area contributed by atoms with Gasteiger partial charge in [-0.3, -0.25) is 9.59 Å². The minimum atomic E-state index is -0.949. The lowest BCUT2D eigenvalue weighted by Gasteiger charge is -2.16. The Morgan fingerprint density at radius 1 is 1.04 bits per heavy atom. The molecular weight excluding hydrogens is 340 g/mol. The van der Waals surface area contributed by atoms with Crippen molar-refractivity contribution in [2.45, 2.75) is 46.3 Å². The maximum absolute atomic E-state index is 12.7. The Labute approximate surface area is 160 Å². The van der Waals surface area contributed by atoms with E-state index < -0.39 is 5.41 Å². The van der Waals surface area contributed by atoms with Gasteiger partial charge in [-0.15, -0.1) is 0 Å². The van der Waals surface area contributed by atoms with E-state index in [4.69, 9.17) is 4.74 Å². The molecule has 1 saturated carbocycles. The van der Waals surface area contributed by atoms with Crippen LogP contribution in [-0.2, 0) is 16.1 Å². The molecule has 1 aliphatic rings. The molecule has 0 spiro atoms. The highest BCUT2D eigenvalue weighted by atomic mass is 16.5. The molecule has 0 saturated heterocycles. The Bertz CT molecular complexity index is 824. The summed E-state index contributed by atoms with van der Waals surface area (Å²) in [6, 6.07) is 15.1. The van der Waals surface area contributed by atoms with Crippen LogP contribution in [0.1, 0.15) is 37.8 Å². The van der Waals surface area contributed by atoms with E-state index in [0.717, 1.165) is 16.9 Å². The fourth-order valence-electron chi connectivity index (χ4n) is 2.98. The van der Waals surface area contributed by atoms with E-state index in [1.165, 1.54) is 0 Å². The Morgan fingerprint density at radius 3 is 2.30 bits per heavy atom. The number of rotatable bonds is 7. The van der Waals surface area contributed by atoms with Gasteiger partial charge in [-0.2, -0.15) is 0 Å². The minimum absolute atomic E-state index is 0.0946. The molecular formula is C22H26N2O3. The van der Waals surface area contributed by atoms with Gasteiger partial charge in [-0.1, -0.05) is 24.3 Å². The molecule has 5 nitrogen and oxygen atoms in total. The fourth-order valence-corrected chi connectivity index (χ4v) is 2.98. The Hall–Kier alpha value is -2.82. The van der Waals surface area contributed by atoms with Gasteiger partial charge in [0.2, 0.25) is 11.8 Å². The number of amides is 2. The Balaban J connectivity index is 1.58. The van der Waals surface area contributed by atoms with Crippen molar-refractivity contribution in [3.05, 3.63) is 59.7 Å². The molecule has 2 amide bonds. The summed E-state index contributed by atoms with van der Waals surface area (Å²) in [5.41, 5.74) is 1.89. The number of anilines is 1. The third-order valence-electron chi connectivity index (χ3n) is 4.80. The number of aryl methyl sites for hydroxylation is 1. The largest absolute Gasteiger partial charge is 0.491 e. The first kappa shape index (κ1) is 19.0. The minimum Gasteiger partial charge on any atom is -0.491 e. The van der Waals surface area contributed by atoms with E-state index in [1.807, 2.05) is 57.2 Å². The second-order valence-electron chi connectivity index (χ2n) is 7.34. The summed E-state index contributed by atoms with van der Waals surface area (Å²) >= 11 is 0. The van der Waals surface area contributed by atoms with Crippen LogP contribution in [0.5, 0.6) is 5.75 Å². The molecule has 0 bridgehead atoms. The highest BCUT2D eigenvalue weighted by molar-refractivity contribution is 6.13. The van der Waals surface area contributed by atoms with Crippen molar-refractivity contribution in [2.75, 3.05) is 5.32 Å². The van der Waals surface area contributed by atoms with Gasteiger partial charge < -0.3 is 15.4 Å². The molecule has 1 fully saturated rings. The normalized spacial score (nSPS) is 14.5. The lowest BCUT2D eigenvalue weighted by atomic mass is 10.0. The third-order valence-corrected chi connectivity index (χ3v) is 4.80. The lowest BCUT2D eigenvalue weighted by Crippen LogP contribution is -2.39. The molecule has 2 aromatic carbocycles. The summed E-state index contributed by atoms with van der Waals surface area (Å²) in [6.45, 7) is 6.36. The highest BCUT2D eigenvalue weighted by Gasteiger charge is 2.56. The first-order chi connectivity index (χ1) is 12.9. The van der Waals surface area contributed by atoms with Crippen LogP contribution >= 0.6 is 0 Å². The van der Waals surface area contributed by atoms with Gasteiger partial charge in [-0.05, 0) is 69.0 Å². The first-order valence-corrected chi connectivity index (χ1v) is 9.32. The molecule has 3 rings (SSSR count). The van der Waals surface area contributed by atoms with Gasteiger partial charge in [0, 0.05) is 12.2 Å². The predicted octanol–water partition coefficient (Wildman–Crippen LogP) is 3.82. The molecule has 0 aromatic heterocycles. The van der Waals surface area contributed by atoms with E-state index >= 15 is 0 Å². The third kappa shape index (κ3) is 4.48. The standard InChI is InChI=1S/C22H26N2O3/c1-15(2)27-19-10-8-18(9-11-19)24-21(26)22(12-13-22)20(25)23-14-17-7-5-4-6-16(17)3/h4-11,15H,12-14H2,1-3H3,(H,23,25)(H,24,26). The Morgan fingerprint density at radius 2 is 1.70 bits per heavy atom. The smallest absolute Gasteiger partial charge is 0.240 e. The van der Waals surface area contributed by atoms with Gasteiger partial charge in [-0.25, -0.2) is 0 Å². The molecule has 2 aromatic rings. The van der Waals surface area contributed by atoms with Crippen molar-refractivity contribution in [3.63, 3.8) is 0 Å². The molecule has 0 aliphatic heterocycles. The highest BCUT2D eigenvalue weighted by Crippen LogP contribution is 2.47. The molecule has 0 heterocycles. The van der Waals surface area contributed by atoms with Crippen molar-refractivity contribution < 1.29 is 14.3 Å². The van der Waals surface area contributed by atoms with E-state index in [9.17, 15) is 9.59 Å². The van der Waals surface area contributed by atoms with Crippen LogP contribution in [0.3, 0.4) is 0 Å². The summed E-state index contributed by atoms with van der Waals surface area (Å²) in [5, 5.41) is 5.78. The fraction of sp³-hybridized carbons (Fsp3) is 0.364. The number of benzene rings is 2. The van der Waals surface area contributed by atoms with Crippen LogP contribution in [0.25, 0.3) is 0 Å². The van der Waals surface area contributed by atoms with Crippen molar-refractivity contribution in [2.24, 2.45) is 5.41 Å². The van der Waals surface area contributed by atoms with E-state index in [-0.39, 0.29) is 17.9 Å². The van der Waals surface area contributed by atoms with Crippen LogP contribution in [0, 0.1) is 12.3 Å². The SMILES string of the molecule is Cc1ccccc1CNC(=O)C1(C(=O)Nc2ccc(OC(C)C)cc2)CC1. The van der Waals surface area contributed by atoms with Crippen molar-refractivity contribution in [1.82, 2.24) is 5.32 Å². The summed E-state index contributed by atoms with van der Waals surface area (Å²) in [4.78, 5) is 25.3. The van der Waals surface area contributed by atoms with Gasteiger partial charge in [0.1, 0.15) is 11.2 Å². The molecule has 2 N–H and O–H groups in total. The summed E-state index contributed by atoms with van der Waals surface area (Å²) in [5.74, 6) is 0.297. The van der Waals surface area contributed by atoms with Crippen molar-refractivity contribution in [1.29, 1.82) is 0 Å². The number of ether oxygens (including phenoxy) is 1. The first-order valence-electron chi connectivity index (χ1n) is 9.32. The summed E-state index contributed by atoms with van der Waals surface area (Å²) in [6.07, 6.45) is 1.25. The van der Waals surface area contributed by atoms with Crippen LogP contribution in [0.15, 0.2) is 48.5 Å². The van der Waals surface area contributed by atoms with Gasteiger partial charge in [0.15, 0.2) is 0 Å². The number of hydrogen-bond acceptors (Lipinski definition) is 3. The number of nitrogens with one attached hydrogen (secondary N) is 2. The number of carbonyl (C=O) groups is 2. The second-order valence-corrected chi connectivity index (χ2v) is 7.34. The number of carbonyl (C=O) groups excluding carboxylic acids is 2. The van der Waals surface area contributed by atoms with Crippen LogP contribution in [0.2, 0.25) is 0 Å². The van der Waals surface area contributed by atoms with Crippen molar-refractivity contribution >= 4 is 17.5 Å². The molecule has 142 valence electrons. The lowest BCUT2D eigenvalue weighted by molar-refractivity contribution is -0.134. The van der Waals surface area contributed by atoms with Gasteiger partial charge >= 0.3 is 0 Å². The summed E-state index contributed by atoms with van der Waals surface area (Å²) < 4.78 is 5.60. The zero-order chi connectivity index (χ0) is 19.4. The zero-order valence-corrected chi connectivity index (χ0v) is 16.0. The van der Waals surface area contributed by atoms with Crippen molar-refractivity contribution in [3.8, 4) is 5.75 Å². The summed E-state index contributed by atoms with van der Waals surface area (Å²) in [7, 11) is 0. The Kier molecular flexibility index (Phi) is 5.49. The average Bonchev–Trinajstić information content (AvgIpc) is 3.44. The molecule has 27 heavy (non-hydrogen) atoms. The monoisotopic (exact) mass is 366 g/mol. The molecule has 0 unspecified atom stereocenters. The van der Waals surface area contributed by atoms with E-state index in [0.29, 0.717) is 25.1 Å².